The lowest BCUT2D eigenvalue weighted by Crippen LogP contribution is -2.30. The van der Waals surface area contributed by atoms with Crippen LogP contribution in [-0.4, -0.2) is 27.9 Å². The first-order chi connectivity index (χ1) is 12.2. The van der Waals surface area contributed by atoms with Crippen molar-refractivity contribution in [2.75, 3.05) is 5.32 Å². The molecule has 1 aromatic heterocycles. The van der Waals surface area contributed by atoms with Gasteiger partial charge in [-0.25, -0.2) is 9.78 Å². The largest absolute Gasteiger partial charge is 0.449 e. The normalized spacial score (nSPS) is 11.5. The summed E-state index contributed by atoms with van der Waals surface area (Å²) in [5.41, 5.74) is -0.862. The van der Waals surface area contributed by atoms with E-state index >= 15 is 0 Å². The van der Waals surface area contributed by atoms with Crippen molar-refractivity contribution < 1.29 is 19.2 Å². The lowest BCUT2D eigenvalue weighted by Gasteiger charge is -2.14. The quantitative estimate of drug-likeness (QED) is 0.444. The first kappa shape index (κ1) is 19.9. The fourth-order valence-corrected chi connectivity index (χ4v) is 2.42. The minimum Gasteiger partial charge on any atom is -0.449 e. The van der Waals surface area contributed by atoms with Crippen LogP contribution < -0.4 is 5.32 Å². The lowest BCUT2D eigenvalue weighted by atomic mass is 10.2. The molecule has 0 radical (unpaired) electrons. The van der Waals surface area contributed by atoms with Gasteiger partial charge in [0.1, 0.15) is 5.56 Å². The number of hydrogen-bond acceptors (Lipinski definition) is 6. The van der Waals surface area contributed by atoms with E-state index in [0.717, 1.165) is 12.1 Å². The molecule has 8 nitrogen and oxygen atoms in total. The van der Waals surface area contributed by atoms with Gasteiger partial charge in [-0.05, 0) is 25.1 Å². The molecule has 0 bridgehead atoms. The zero-order valence-corrected chi connectivity index (χ0v) is 15.3. The maximum absolute atomic E-state index is 12.2. The Kier molecular flexibility index (Phi) is 6.36. The first-order valence-corrected chi connectivity index (χ1v) is 8.09. The molecule has 0 saturated heterocycles. The Balaban J connectivity index is 2.11. The predicted octanol–water partition coefficient (Wildman–Crippen LogP) is 4.13. The molecule has 2 aromatic rings. The molecule has 0 fully saturated rings. The second-order valence-corrected chi connectivity index (χ2v) is 6.22. The molecule has 0 saturated carbocycles. The number of nitrogens with zero attached hydrogens (tertiary/aromatic N) is 2. The average Bonchev–Trinajstić information content (AvgIpc) is 2.56. The van der Waals surface area contributed by atoms with E-state index in [1.807, 2.05) is 0 Å². The summed E-state index contributed by atoms with van der Waals surface area (Å²) in [6.45, 7) is 1.29. The second kappa shape index (κ2) is 8.31. The van der Waals surface area contributed by atoms with Crippen LogP contribution in [0.4, 0.5) is 11.5 Å². The van der Waals surface area contributed by atoms with E-state index in [0.29, 0.717) is 0 Å². The first-order valence-electron chi connectivity index (χ1n) is 6.96. The standard InChI is InChI=1S/C15H10Cl3N3O5/c1-7(14(22)20-13-11(18)4-9(17)6-19-13)26-15(23)10-3-2-8(16)5-12(10)21(24)25/h2-7H,1H3,(H,19,20,22). The number of benzene rings is 1. The second-order valence-electron chi connectivity index (χ2n) is 4.94. The number of ether oxygens (including phenoxy) is 1. The minimum atomic E-state index is -1.27. The van der Waals surface area contributed by atoms with Crippen LogP contribution in [0.3, 0.4) is 0 Å². The summed E-state index contributed by atoms with van der Waals surface area (Å²) in [6.07, 6.45) is 0.00268. The van der Waals surface area contributed by atoms with Crippen molar-refractivity contribution in [1.82, 2.24) is 4.98 Å². The number of nitrogens with one attached hydrogen (secondary N) is 1. The van der Waals surface area contributed by atoms with Crippen molar-refractivity contribution >= 4 is 58.2 Å². The summed E-state index contributed by atoms with van der Waals surface area (Å²) < 4.78 is 4.97. The fraction of sp³-hybridized carbons (Fsp3) is 0.133. The smallest absolute Gasteiger partial charge is 0.345 e. The number of nitro benzene ring substituents is 1. The number of pyridine rings is 1. The summed E-state index contributed by atoms with van der Waals surface area (Å²) in [7, 11) is 0. The van der Waals surface area contributed by atoms with Crippen molar-refractivity contribution in [3.05, 3.63) is 61.2 Å². The number of hydrogen-bond donors (Lipinski definition) is 1. The maximum Gasteiger partial charge on any atom is 0.345 e. The molecular weight excluding hydrogens is 409 g/mol. The fourth-order valence-electron chi connectivity index (χ4n) is 1.83. The van der Waals surface area contributed by atoms with Gasteiger partial charge < -0.3 is 10.1 Å². The summed E-state index contributed by atoms with van der Waals surface area (Å²) in [5, 5.41) is 13.9. The third-order valence-electron chi connectivity index (χ3n) is 3.08. The number of amides is 1. The van der Waals surface area contributed by atoms with E-state index in [1.54, 1.807) is 0 Å². The summed E-state index contributed by atoms with van der Waals surface area (Å²) in [4.78, 5) is 38.4. The van der Waals surface area contributed by atoms with E-state index in [9.17, 15) is 19.7 Å². The monoisotopic (exact) mass is 417 g/mol. The summed E-state index contributed by atoms with van der Waals surface area (Å²) in [6, 6.07) is 4.83. The van der Waals surface area contributed by atoms with Gasteiger partial charge in [0.2, 0.25) is 0 Å². The Morgan fingerprint density at radius 3 is 2.54 bits per heavy atom. The highest BCUT2D eigenvalue weighted by molar-refractivity contribution is 6.36. The average molecular weight is 419 g/mol. The molecule has 136 valence electrons. The molecule has 1 aromatic carbocycles. The van der Waals surface area contributed by atoms with Gasteiger partial charge in [0.15, 0.2) is 11.9 Å². The van der Waals surface area contributed by atoms with Crippen LogP contribution in [-0.2, 0) is 9.53 Å². The predicted molar refractivity (Wildman–Crippen MR) is 95.9 cm³/mol. The van der Waals surface area contributed by atoms with Gasteiger partial charge in [-0.3, -0.25) is 14.9 Å². The van der Waals surface area contributed by atoms with E-state index < -0.39 is 28.6 Å². The van der Waals surface area contributed by atoms with E-state index in [-0.39, 0.29) is 26.4 Å². The Morgan fingerprint density at radius 1 is 1.23 bits per heavy atom. The Morgan fingerprint density at radius 2 is 1.92 bits per heavy atom. The van der Waals surface area contributed by atoms with Crippen LogP contribution in [0.15, 0.2) is 30.5 Å². The maximum atomic E-state index is 12.2. The number of carbonyl (C=O) groups is 2. The highest BCUT2D eigenvalue weighted by Crippen LogP contribution is 2.25. The Hall–Kier alpha value is -2.42. The third-order valence-corrected chi connectivity index (χ3v) is 3.81. The lowest BCUT2D eigenvalue weighted by molar-refractivity contribution is -0.385. The van der Waals surface area contributed by atoms with E-state index in [1.165, 1.54) is 25.3 Å². The molecule has 0 aliphatic carbocycles. The number of anilines is 1. The van der Waals surface area contributed by atoms with Crippen LogP contribution >= 0.6 is 34.8 Å². The number of carbonyl (C=O) groups excluding carboxylic acids is 2. The van der Waals surface area contributed by atoms with E-state index in [2.05, 4.69) is 10.3 Å². The van der Waals surface area contributed by atoms with Crippen molar-refractivity contribution in [3.8, 4) is 0 Å². The minimum absolute atomic E-state index is 0.0291. The number of nitro groups is 1. The highest BCUT2D eigenvalue weighted by Gasteiger charge is 2.26. The number of esters is 1. The number of halogens is 3. The molecular formula is C15H10Cl3N3O5. The number of rotatable bonds is 5. The van der Waals surface area contributed by atoms with Crippen molar-refractivity contribution in [1.29, 1.82) is 0 Å². The molecule has 1 N–H and O–H groups in total. The zero-order valence-electron chi connectivity index (χ0n) is 13.0. The Labute approximate surface area is 162 Å². The molecule has 1 amide bonds. The van der Waals surface area contributed by atoms with Crippen LogP contribution in [0.1, 0.15) is 17.3 Å². The van der Waals surface area contributed by atoms with Gasteiger partial charge in [-0.15, -0.1) is 0 Å². The SMILES string of the molecule is CC(OC(=O)c1ccc(Cl)cc1[N+](=O)[O-])C(=O)Nc1ncc(Cl)cc1Cl. The number of aromatic nitrogens is 1. The Bertz CT molecular complexity index is 891. The van der Waals surface area contributed by atoms with Crippen LogP contribution in [0.5, 0.6) is 0 Å². The van der Waals surface area contributed by atoms with Gasteiger partial charge in [0.05, 0.1) is 15.0 Å². The summed E-state index contributed by atoms with van der Waals surface area (Å²) in [5.74, 6) is -1.75. The molecule has 0 spiro atoms. The van der Waals surface area contributed by atoms with Crippen molar-refractivity contribution in [3.63, 3.8) is 0 Å². The van der Waals surface area contributed by atoms with Gasteiger partial charge >= 0.3 is 5.97 Å². The highest BCUT2D eigenvalue weighted by atomic mass is 35.5. The molecule has 11 heteroatoms. The summed E-state index contributed by atoms with van der Waals surface area (Å²) >= 11 is 17.3. The van der Waals surface area contributed by atoms with E-state index in [4.69, 9.17) is 39.5 Å². The van der Waals surface area contributed by atoms with Crippen LogP contribution in [0.2, 0.25) is 15.1 Å². The van der Waals surface area contributed by atoms with Crippen molar-refractivity contribution in [2.45, 2.75) is 13.0 Å². The van der Waals surface area contributed by atoms with Crippen molar-refractivity contribution in [2.24, 2.45) is 0 Å². The van der Waals surface area contributed by atoms with Crippen LogP contribution in [0.25, 0.3) is 0 Å². The zero-order chi connectivity index (χ0) is 19.4. The molecule has 2 rings (SSSR count). The topological polar surface area (TPSA) is 111 Å². The molecule has 1 unspecified atom stereocenters. The molecule has 1 heterocycles. The third kappa shape index (κ3) is 4.81. The van der Waals surface area contributed by atoms with Gasteiger partial charge in [-0.1, -0.05) is 34.8 Å². The molecule has 26 heavy (non-hydrogen) atoms. The van der Waals surface area contributed by atoms with Gasteiger partial charge in [0.25, 0.3) is 11.6 Å². The molecule has 0 aliphatic heterocycles. The molecule has 1 atom stereocenters. The van der Waals surface area contributed by atoms with Gasteiger partial charge in [0, 0.05) is 17.3 Å². The van der Waals surface area contributed by atoms with Crippen LogP contribution in [0, 0.1) is 10.1 Å². The molecule has 0 aliphatic rings. The van der Waals surface area contributed by atoms with Gasteiger partial charge in [-0.2, -0.15) is 0 Å².